The van der Waals surface area contributed by atoms with Crippen molar-refractivity contribution in [2.45, 2.75) is 101 Å². The molecule has 0 saturated heterocycles. The molecule has 0 aliphatic carbocycles. The number of carbonyl (C=O) groups is 2. The summed E-state index contributed by atoms with van der Waals surface area (Å²) in [4.78, 5) is 38.0. The summed E-state index contributed by atoms with van der Waals surface area (Å²) in [7, 11) is 0. The summed E-state index contributed by atoms with van der Waals surface area (Å²) in [5.41, 5.74) is 6.65. The van der Waals surface area contributed by atoms with Gasteiger partial charge in [0.05, 0.1) is 24.0 Å². The maximum atomic E-state index is 12.6. The maximum Gasteiger partial charge on any atom is 0.220 e. The first kappa shape index (κ1) is 36.4. The van der Waals surface area contributed by atoms with Crippen molar-refractivity contribution in [3.8, 4) is 23.1 Å². The molecule has 48 heavy (non-hydrogen) atoms. The quantitative estimate of drug-likeness (QED) is 0.193. The Bertz CT molecular complexity index is 1700. The highest BCUT2D eigenvalue weighted by Gasteiger charge is 2.33. The maximum absolute atomic E-state index is 12.6. The summed E-state index contributed by atoms with van der Waals surface area (Å²) >= 11 is 0. The van der Waals surface area contributed by atoms with Gasteiger partial charge < -0.3 is 15.6 Å². The number of hydrogen-bond donors (Lipinski definition) is 3. The molecule has 3 aromatic rings. The van der Waals surface area contributed by atoms with Crippen LogP contribution in [0.4, 0.5) is 0 Å². The van der Waals surface area contributed by atoms with Crippen LogP contribution in [0.3, 0.4) is 0 Å². The van der Waals surface area contributed by atoms with Gasteiger partial charge in [0.2, 0.25) is 11.8 Å². The van der Waals surface area contributed by atoms with Gasteiger partial charge in [-0.05, 0) is 63.6 Å². The molecular weight excluding hydrogens is 594 g/mol. The van der Waals surface area contributed by atoms with Gasteiger partial charge in [0.15, 0.2) is 0 Å². The van der Waals surface area contributed by atoms with E-state index in [-0.39, 0.29) is 34.7 Å². The van der Waals surface area contributed by atoms with Crippen LogP contribution < -0.4 is 10.6 Å². The minimum absolute atomic E-state index is 0.0349. The Morgan fingerprint density at radius 1 is 0.750 bits per heavy atom. The van der Waals surface area contributed by atoms with Crippen LogP contribution in [0, 0.1) is 34.5 Å². The van der Waals surface area contributed by atoms with Crippen molar-refractivity contribution in [1.82, 2.24) is 20.6 Å². The molecule has 2 heterocycles. The Morgan fingerprint density at radius 3 is 1.71 bits per heavy atom. The normalized spacial score (nSPS) is 14.6. The second kappa shape index (κ2) is 15.2. The second-order valence-corrected chi connectivity index (χ2v) is 16.0. The highest BCUT2D eigenvalue weighted by molar-refractivity contribution is 6.03. The smallest absolute Gasteiger partial charge is 0.220 e. The van der Waals surface area contributed by atoms with E-state index in [0.29, 0.717) is 31.1 Å². The van der Waals surface area contributed by atoms with Crippen molar-refractivity contribution in [1.29, 1.82) is 0 Å². The molecule has 0 fully saturated rings. The number of H-pyrrole nitrogens is 1. The number of allylic oxidation sites excluding steroid dienone is 1. The van der Waals surface area contributed by atoms with Crippen LogP contribution in [0.2, 0.25) is 0 Å². The monoisotopic (exact) mass is 647 g/mol. The molecule has 2 amide bonds. The number of nitrogens with one attached hydrogen (secondary N) is 3. The van der Waals surface area contributed by atoms with Crippen LogP contribution in [-0.4, -0.2) is 33.5 Å². The van der Waals surface area contributed by atoms with Crippen molar-refractivity contribution in [2.75, 3.05) is 0 Å². The predicted octanol–water partition coefficient (Wildman–Crippen LogP) is 8.49. The lowest BCUT2D eigenvalue weighted by Gasteiger charge is -2.32. The van der Waals surface area contributed by atoms with Crippen molar-refractivity contribution in [3.63, 3.8) is 0 Å². The fraction of sp³-hybridized carbons (Fsp3) is 0.463. The molecule has 4 rings (SSSR count). The van der Waals surface area contributed by atoms with Gasteiger partial charge >= 0.3 is 0 Å². The van der Waals surface area contributed by atoms with E-state index in [1.54, 1.807) is 0 Å². The minimum Gasteiger partial charge on any atom is -0.348 e. The van der Waals surface area contributed by atoms with E-state index in [4.69, 9.17) is 4.99 Å². The number of amides is 2. The molecular formula is C41H53N5O2. The molecule has 254 valence electrons. The zero-order valence-corrected chi connectivity index (χ0v) is 30.4. The summed E-state index contributed by atoms with van der Waals surface area (Å²) in [5.74, 6) is 8.02. The zero-order chi connectivity index (χ0) is 35.2. The number of hydrogen-bond acceptors (Lipinski definition) is 4. The number of aromatic nitrogens is 2. The molecule has 3 N–H and O–H groups in total. The van der Waals surface area contributed by atoms with Crippen LogP contribution in [0.5, 0.6) is 0 Å². The zero-order valence-electron chi connectivity index (χ0n) is 30.4. The minimum atomic E-state index is -0.226. The Morgan fingerprint density at radius 2 is 1.23 bits per heavy atom. The van der Waals surface area contributed by atoms with Gasteiger partial charge in [-0.25, -0.2) is 4.98 Å². The lowest BCUT2D eigenvalue weighted by atomic mass is 9.82. The molecule has 1 aromatic heterocycles. The predicted molar refractivity (Wildman–Crippen MR) is 197 cm³/mol. The lowest BCUT2D eigenvalue weighted by molar-refractivity contribution is -0.124. The summed E-state index contributed by atoms with van der Waals surface area (Å²) in [6.45, 7) is 20.9. The van der Waals surface area contributed by atoms with Gasteiger partial charge in [0.25, 0.3) is 0 Å². The summed E-state index contributed by atoms with van der Waals surface area (Å²) in [6.07, 6.45) is 5.46. The fourth-order valence-electron chi connectivity index (χ4n) is 5.75. The number of carbonyl (C=O) groups excluding carboxylic acids is 2. The first-order valence-electron chi connectivity index (χ1n) is 17.1. The molecule has 7 heteroatoms. The van der Waals surface area contributed by atoms with Gasteiger partial charge in [0, 0.05) is 42.3 Å². The third-order valence-corrected chi connectivity index (χ3v) is 8.29. The van der Waals surface area contributed by atoms with Crippen molar-refractivity contribution >= 4 is 23.1 Å². The number of rotatable bonds is 10. The van der Waals surface area contributed by atoms with Gasteiger partial charge in [-0.2, -0.15) is 0 Å². The SMILES string of the molecule is CC(C)CC(=O)NC(C1=NC=C(c2ccc(C#Cc3ccc(-c4cnc(C(NC(=O)CC(C)C)C(C)(C)C)[nH]4)cc3)cc2)C1)C(C)(C)C. The molecule has 0 bridgehead atoms. The van der Waals surface area contributed by atoms with E-state index in [9.17, 15) is 9.59 Å². The number of aromatic amines is 1. The van der Waals surface area contributed by atoms with Crippen LogP contribution in [0.15, 0.2) is 65.9 Å². The van der Waals surface area contributed by atoms with E-state index in [1.807, 2.05) is 62.6 Å². The first-order valence-corrected chi connectivity index (χ1v) is 17.1. The van der Waals surface area contributed by atoms with Gasteiger partial charge in [-0.1, -0.05) is 105 Å². The van der Waals surface area contributed by atoms with E-state index in [1.165, 1.54) is 0 Å². The average molecular weight is 648 g/mol. The Balaban J connectivity index is 1.39. The third-order valence-electron chi connectivity index (χ3n) is 8.29. The molecule has 7 nitrogen and oxygen atoms in total. The second-order valence-electron chi connectivity index (χ2n) is 16.0. The summed E-state index contributed by atoms with van der Waals surface area (Å²) in [6, 6.07) is 16.0. The molecule has 0 radical (unpaired) electrons. The molecule has 2 atom stereocenters. The number of imidazole rings is 1. The van der Waals surface area contributed by atoms with E-state index in [2.05, 4.69) is 100.0 Å². The van der Waals surface area contributed by atoms with E-state index >= 15 is 0 Å². The van der Waals surface area contributed by atoms with Crippen LogP contribution >= 0.6 is 0 Å². The largest absolute Gasteiger partial charge is 0.348 e. The highest BCUT2D eigenvalue weighted by Crippen LogP contribution is 2.33. The Hall–Kier alpha value is -4.44. The Kier molecular flexibility index (Phi) is 11.5. The standard InChI is InChI=1S/C41H53N5O2/c1-26(2)21-35(47)45-37(40(5,6)7)33-23-32(24-42-33)30-17-13-28(14-18-30)11-12-29-15-19-31(20-16-29)34-25-43-39(44-34)38(41(8,9)10)46-36(48)22-27(3)4/h13-20,24-27,37-38H,21-23H2,1-10H3,(H,43,44)(H,45,47)(H,46,48). The summed E-state index contributed by atoms with van der Waals surface area (Å²) < 4.78 is 0. The number of nitrogens with zero attached hydrogens (tertiary/aromatic N) is 2. The first-order chi connectivity index (χ1) is 22.5. The van der Waals surface area contributed by atoms with Crippen molar-refractivity contribution < 1.29 is 9.59 Å². The van der Waals surface area contributed by atoms with Crippen LogP contribution in [0.1, 0.15) is 117 Å². The number of benzene rings is 2. The van der Waals surface area contributed by atoms with Gasteiger partial charge in [-0.15, -0.1) is 0 Å². The topological polar surface area (TPSA) is 99.2 Å². The van der Waals surface area contributed by atoms with Crippen molar-refractivity contribution in [2.24, 2.45) is 27.7 Å². The molecule has 2 unspecified atom stereocenters. The van der Waals surface area contributed by atoms with Gasteiger partial charge in [-0.3, -0.25) is 14.6 Å². The third kappa shape index (κ3) is 10.0. The molecule has 1 aliphatic heterocycles. The average Bonchev–Trinajstić information content (AvgIpc) is 3.67. The summed E-state index contributed by atoms with van der Waals surface area (Å²) in [5, 5.41) is 6.42. The van der Waals surface area contributed by atoms with E-state index in [0.717, 1.165) is 45.1 Å². The molecule has 2 aromatic carbocycles. The van der Waals surface area contributed by atoms with Crippen LogP contribution in [-0.2, 0) is 9.59 Å². The van der Waals surface area contributed by atoms with Gasteiger partial charge in [0.1, 0.15) is 5.82 Å². The molecule has 1 aliphatic rings. The lowest BCUT2D eigenvalue weighted by Crippen LogP contribution is -2.49. The van der Waals surface area contributed by atoms with Crippen molar-refractivity contribution in [3.05, 3.63) is 83.4 Å². The molecule has 0 saturated carbocycles. The number of aliphatic imine (C=N–C) groups is 1. The fourth-order valence-corrected chi connectivity index (χ4v) is 5.75. The molecule has 0 spiro atoms. The van der Waals surface area contributed by atoms with E-state index < -0.39 is 0 Å². The highest BCUT2D eigenvalue weighted by atomic mass is 16.2. The van der Waals surface area contributed by atoms with Crippen LogP contribution in [0.25, 0.3) is 16.8 Å². The Labute approximate surface area is 287 Å².